The molecule has 7 heteroatoms. The van der Waals surface area contributed by atoms with E-state index < -0.39 is 36.7 Å². The first-order chi connectivity index (χ1) is 6.49. The third kappa shape index (κ3) is 1.86. The molecule has 1 rings (SSSR count). The Labute approximate surface area is 79.5 Å². The lowest BCUT2D eigenvalue weighted by Gasteiger charge is -2.37. The molecule has 1 saturated heterocycles. The highest BCUT2D eigenvalue weighted by Gasteiger charge is 2.47. The van der Waals surface area contributed by atoms with E-state index in [2.05, 4.69) is 9.47 Å². The first-order valence-electron chi connectivity index (χ1n) is 3.94. The Morgan fingerprint density at radius 3 is 2.29 bits per heavy atom. The van der Waals surface area contributed by atoms with Crippen LogP contribution in [-0.2, 0) is 14.3 Å². The number of ether oxygens (including phenoxy) is 2. The molecular formula is C7H12O7. The summed E-state index contributed by atoms with van der Waals surface area (Å²) in [5.74, 6) is -1.37. The average Bonchev–Trinajstić information content (AvgIpc) is 2.13. The van der Waals surface area contributed by atoms with Crippen LogP contribution in [-0.4, -0.2) is 64.2 Å². The summed E-state index contributed by atoms with van der Waals surface area (Å²) in [6, 6.07) is 0. The Balaban J connectivity index is 2.82. The molecular weight excluding hydrogens is 196 g/mol. The fourth-order valence-electron chi connectivity index (χ4n) is 1.31. The van der Waals surface area contributed by atoms with Crippen molar-refractivity contribution < 1.29 is 34.7 Å². The molecule has 1 aliphatic rings. The van der Waals surface area contributed by atoms with Crippen LogP contribution in [0.4, 0.5) is 0 Å². The van der Waals surface area contributed by atoms with E-state index in [1.54, 1.807) is 0 Å². The van der Waals surface area contributed by atoms with Gasteiger partial charge in [0, 0.05) is 7.11 Å². The van der Waals surface area contributed by atoms with Gasteiger partial charge in [-0.25, -0.2) is 4.79 Å². The van der Waals surface area contributed by atoms with Crippen LogP contribution in [0.2, 0.25) is 0 Å². The Morgan fingerprint density at radius 2 is 1.86 bits per heavy atom. The minimum absolute atomic E-state index is 1.18. The largest absolute Gasteiger partial charge is 0.479 e. The van der Waals surface area contributed by atoms with E-state index in [-0.39, 0.29) is 0 Å². The molecule has 0 amide bonds. The van der Waals surface area contributed by atoms with E-state index in [1.807, 2.05) is 0 Å². The predicted molar refractivity (Wildman–Crippen MR) is 41.3 cm³/mol. The van der Waals surface area contributed by atoms with Gasteiger partial charge in [-0.1, -0.05) is 0 Å². The SMILES string of the molecule is CO[C@@H]1C(C(=O)O)O[C@@H](O)C(O)C1O. The fourth-order valence-corrected chi connectivity index (χ4v) is 1.31. The quantitative estimate of drug-likeness (QED) is 0.397. The summed E-state index contributed by atoms with van der Waals surface area (Å²) in [6.45, 7) is 0. The van der Waals surface area contributed by atoms with Crippen LogP contribution < -0.4 is 0 Å². The Kier molecular flexibility index (Phi) is 3.40. The van der Waals surface area contributed by atoms with Crippen LogP contribution in [0.25, 0.3) is 0 Å². The second-order valence-electron chi connectivity index (χ2n) is 2.97. The van der Waals surface area contributed by atoms with Gasteiger partial charge in [-0.05, 0) is 0 Å². The van der Waals surface area contributed by atoms with Crippen LogP contribution in [0, 0.1) is 0 Å². The van der Waals surface area contributed by atoms with Gasteiger partial charge in [0.1, 0.15) is 18.3 Å². The molecule has 0 radical (unpaired) electrons. The molecule has 1 fully saturated rings. The zero-order chi connectivity index (χ0) is 10.9. The van der Waals surface area contributed by atoms with Crippen molar-refractivity contribution >= 4 is 5.97 Å². The molecule has 0 aromatic rings. The lowest BCUT2D eigenvalue weighted by Crippen LogP contribution is -2.60. The van der Waals surface area contributed by atoms with Crippen molar-refractivity contribution in [3.8, 4) is 0 Å². The molecule has 0 aromatic heterocycles. The van der Waals surface area contributed by atoms with Gasteiger partial charge in [0.2, 0.25) is 0 Å². The third-order valence-electron chi connectivity index (χ3n) is 2.08. The maximum atomic E-state index is 10.6. The summed E-state index contributed by atoms with van der Waals surface area (Å²) >= 11 is 0. The predicted octanol–water partition coefficient (Wildman–Crippen LogP) is -2.47. The van der Waals surface area contributed by atoms with Crippen molar-refractivity contribution in [2.24, 2.45) is 0 Å². The van der Waals surface area contributed by atoms with E-state index in [1.165, 1.54) is 7.11 Å². The highest BCUT2D eigenvalue weighted by atomic mass is 16.7. The number of hydrogen-bond donors (Lipinski definition) is 4. The lowest BCUT2D eigenvalue weighted by molar-refractivity contribution is -0.283. The van der Waals surface area contributed by atoms with Crippen molar-refractivity contribution in [3.63, 3.8) is 0 Å². The Morgan fingerprint density at radius 1 is 1.29 bits per heavy atom. The number of carboxylic acids is 1. The number of methoxy groups -OCH3 is 1. The molecule has 1 heterocycles. The Hall–Kier alpha value is -0.730. The number of carboxylic acid groups (broad SMARTS) is 1. The molecule has 14 heavy (non-hydrogen) atoms. The van der Waals surface area contributed by atoms with E-state index in [9.17, 15) is 9.90 Å². The first-order valence-corrected chi connectivity index (χ1v) is 3.94. The summed E-state index contributed by atoms with van der Waals surface area (Å²) in [6.07, 6.45) is -7.49. The zero-order valence-electron chi connectivity index (χ0n) is 7.40. The number of aliphatic hydroxyl groups is 3. The van der Waals surface area contributed by atoms with Gasteiger partial charge in [-0.15, -0.1) is 0 Å². The number of rotatable bonds is 2. The number of aliphatic carboxylic acids is 1. The molecule has 4 N–H and O–H groups in total. The van der Waals surface area contributed by atoms with Gasteiger partial charge < -0.3 is 29.9 Å². The van der Waals surface area contributed by atoms with Crippen LogP contribution in [0.1, 0.15) is 0 Å². The highest BCUT2D eigenvalue weighted by molar-refractivity contribution is 5.73. The molecule has 0 spiro atoms. The van der Waals surface area contributed by atoms with Gasteiger partial charge >= 0.3 is 5.97 Å². The summed E-state index contributed by atoms with van der Waals surface area (Å²) in [7, 11) is 1.18. The molecule has 5 atom stereocenters. The van der Waals surface area contributed by atoms with Crippen LogP contribution >= 0.6 is 0 Å². The molecule has 0 bridgehead atoms. The summed E-state index contributed by atoms with van der Waals surface area (Å²) in [4.78, 5) is 10.6. The van der Waals surface area contributed by atoms with Gasteiger partial charge in [0.15, 0.2) is 12.4 Å². The minimum atomic E-state index is -1.72. The van der Waals surface area contributed by atoms with Gasteiger partial charge in [-0.2, -0.15) is 0 Å². The zero-order valence-corrected chi connectivity index (χ0v) is 7.40. The number of carbonyl (C=O) groups is 1. The van der Waals surface area contributed by atoms with E-state index in [0.717, 1.165) is 0 Å². The molecule has 0 aliphatic carbocycles. The average molecular weight is 208 g/mol. The first kappa shape index (κ1) is 11.3. The second-order valence-corrected chi connectivity index (χ2v) is 2.97. The van der Waals surface area contributed by atoms with Crippen LogP contribution in [0.15, 0.2) is 0 Å². The summed E-state index contributed by atoms with van der Waals surface area (Å²) < 4.78 is 9.22. The van der Waals surface area contributed by atoms with Crippen molar-refractivity contribution in [2.75, 3.05) is 7.11 Å². The fraction of sp³-hybridized carbons (Fsp3) is 0.857. The molecule has 82 valence electrons. The highest BCUT2D eigenvalue weighted by Crippen LogP contribution is 2.21. The number of hydrogen-bond acceptors (Lipinski definition) is 6. The van der Waals surface area contributed by atoms with Crippen molar-refractivity contribution in [2.45, 2.75) is 30.7 Å². The maximum absolute atomic E-state index is 10.6. The molecule has 0 saturated carbocycles. The van der Waals surface area contributed by atoms with Crippen LogP contribution in [0.5, 0.6) is 0 Å². The lowest BCUT2D eigenvalue weighted by atomic mass is 9.99. The molecule has 0 aromatic carbocycles. The van der Waals surface area contributed by atoms with Crippen molar-refractivity contribution in [1.29, 1.82) is 0 Å². The summed E-state index contributed by atoms with van der Waals surface area (Å²) in [5.41, 5.74) is 0. The van der Waals surface area contributed by atoms with E-state index in [4.69, 9.17) is 15.3 Å². The number of aliphatic hydroxyl groups excluding tert-OH is 3. The Bertz CT molecular complexity index is 218. The van der Waals surface area contributed by atoms with Crippen molar-refractivity contribution in [3.05, 3.63) is 0 Å². The smallest absolute Gasteiger partial charge is 0.335 e. The molecule has 3 unspecified atom stereocenters. The molecule has 7 nitrogen and oxygen atoms in total. The van der Waals surface area contributed by atoms with Gasteiger partial charge in [-0.3, -0.25) is 0 Å². The maximum Gasteiger partial charge on any atom is 0.335 e. The standard InChI is InChI=1S/C7H12O7/c1-13-4-2(8)3(9)7(12)14-5(4)6(10)11/h2-5,7-9,12H,1H3,(H,10,11)/t2?,3?,4-,5?,7+/m0/s1. The van der Waals surface area contributed by atoms with Gasteiger partial charge in [0.05, 0.1) is 0 Å². The normalized spacial score (nSPS) is 43.6. The van der Waals surface area contributed by atoms with E-state index in [0.29, 0.717) is 0 Å². The van der Waals surface area contributed by atoms with Gasteiger partial charge in [0.25, 0.3) is 0 Å². The molecule has 1 aliphatic heterocycles. The van der Waals surface area contributed by atoms with Crippen molar-refractivity contribution in [1.82, 2.24) is 0 Å². The second kappa shape index (κ2) is 4.20. The topological polar surface area (TPSA) is 116 Å². The van der Waals surface area contributed by atoms with E-state index >= 15 is 0 Å². The third-order valence-corrected chi connectivity index (χ3v) is 2.08. The minimum Gasteiger partial charge on any atom is -0.479 e. The van der Waals surface area contributed by atoms with Crippen LogP contribution in [0.3, 0.4) is 0 Å². The summed E-state index contributed by atoms with van der Waals surface area (Å²) in [5, 5.41) is 36.2. The monoisotopic (exact) mass is 208 g/mol.